The van der Waals surface area contributed by atoms with E-state index in [1.807, 2.05) is 0 Å². The Morgan fingerprint density at radius 2 is 2.25 bits per heavy atom. The monoisotopic (exact) mass is 228 g/mol. The lowest BCUT2D eigenvalue weighted by atomic mass is 10.1. The molecule has 0 aromatic rings. The molecule has 1 atom stereocenters. The Balaban J connectivity index is 1.58. The molecule has 1 heterocycles. The number of hydrogen-bond donors (Lipinski definition) is 2. The van der Waals surface area contributed by atoms with Gasteiger partial charge in [-0.3, -0.25) is 0 Å². The Morgan fingerprint density at radius 1 is 1.44 bits per heavy atom. The Kier molecular flexibility index (Phi) is 4.01. The number of likely N-dealkylation sites (tertiary alicyclic amines) is 1. The molecule has 0 spiro atoms. The van der Waals surface area contributed by atoms with Crippen molar-refractivity contribution in [1.29, 1.82) is 0 Å². The van der Waals surface area contributed by atoms with Crippen molar-refractivity contribution in [2.75, 3.05) is 32.8 Å². The second-order valence-electron chi connectivity index (χ2n) is 4.62. The third-order valence-electron chi connectivity index (χ3n) is 3.24. The van der Waals surface area contributed by atoms with E-state index in [4.69, 9.17) is 9.84 Å². The molecule has 0 aromatic carbocycles. The number of alkyl carbamates (subject to hydrolysis) is 1. The Morgan fingerprint density at radius 3 is 2.94 bits per heavy atom. The average molecular weight is 228 g/mol. The summed E-state index contributed by atoms with van der Waals surface area (Å²) in [6.45, 7) is 2.91. The average Bonchev–Trinajstić information content (AvgIpc) is 3.03. The van der Waals surface area contributed by atoms with Crippen molar-refractivity contribution in [2.45, 2.75) is 25.3 Å². The first-order valence-corrected chi connectivity index (χ1v) is 6.05. The summed E-state index contributed by atoms with van der Waals surface area (Å²) in [6, 6.07) is 0.825. The first kappa shape index (κ1) is 11.7. The molecule has 1 aliphatic heterocycles. The minimum Gasteiger partial charge on any atom is -0.447 e. The van der Waals surface area contributed by atoms with E-state index < -0.39 is 6.09 Å². The highest BCUT2D eigenvalue weighted by Gasteiger charge is 2.34. The molecule has 92 valence electrons. The van der Waals surface area contributed by atoms with Crippen LogP contribution in [0.1, 0.15) is 19.3 Å². The first-order valence-electron chi connectivity index (χ1n) is 6.05. The normalized spacial score (nSPS) is 25.7. The second kappa shape index (κ2) is 5.50. The smallest absolute Gasteiger partial charge is 0.407 e. The summed E-state index contributed by atoms with van der Waals surface area (Å²) in [7, 11) is 0. The van der Waals surface area contributed by atoms with Gasteiger partial charge in [-0.05, 0) is 31.7 Å². The van der Waals surface area contributed by atoms with Crippen molar-refractivity contribution in [1.82, 2.24) is 10.2 Å². The zero-order valence-electron chi connectivity index (χ0n) is 9.52. The van der Waals surface area contributed by atoms with Gasteiger partial charge in [0.2, 0.25) is 0 Å². The molecule has 16 heavy (non-hydrogen) atoms. The van der Waals surface area contributed by atoms with E-state index in [-0.39, 0.29) is 13.2 Å². The maximum atomic E-state index is 11.1. The van der Waals surface area contributed by atoms with Crippen molar-refractivity contribution in [2.24, 2.45) is 5.92 Å². The quantitative estimate of drug-likeness (QED) is 0.705. The lowest BCUT2D eigenvalue weighted by molar-refractivity contribution is 0.118. The molecule has 0 bridgehead atoms. The van der Waals surface area contributed by atoms with Gasteiger partial charge in [-0.15, -0.1) is 0 Å². The van der Waals surface area contributed by atoms with Crippen LogP contribution in [-0.2, 0) is 4.74 Å². The van der Waals surface area contributed by atoms with Crippen LogP contribution in [0.2, 0.25) is 0 Å². The fraction of sp³-hybridized carbons (Fsp3) is 0.909. The van der Waals surface area contributed by atoms with Crippen LogP contribution in [0.3, 0.4) is 0 Å². The summed E-state index contributed by atoms with van der Waals surface area (Å²) >= 11 is 0. The molecule has 0 aromatic heterocycles. The minimum atomic E-state index is -0.418. The highest BCUT2D eigenvalue weighted by molar-refractivity contribution is 5.67. The van der Waals surface area contributed by atoms with Crippen molar-refractivity contribution in [3.05, 3.63) is 0 Å². The van der Waals surface area contributed by atoms with Crippen molar-refractivity contribution >= 4 is 6.09 Å². The van der Waals surface area contributed by atoms with Crippen LogP contribution in [0.15, 0.2) is 0 Å². The van der Waals surface area contributed by atoms with E-state index in [2.05, 4.69) is 10.2 Å². The first-order chi connectivity index (χ1) is 7.79. The van der Waals surface area contributed by atoms with Gasteiger partial charge in [0.25, 0.3) is 0 Å². The van der Waals surface area contributed by atoms with Gasteiger partial charge >= 0.3 is 6.09 Å². The molecular formula is C11H20N2O3. The molecule has 2 aliphatic rings. The fourth-order valence-electron chi connectivity index (χ4n) is 2.22. The van der Waals surface area contributed by atoms with E-state index in [9.17, 15) is 4.79 Å². The van der Waals surface area contributed by atoms with Gasteiger partial charge in [0.15, 0.2) is 0 Å². The van der Waals surface area contributed by atoms with Crippen molar-refractivity contribution < 1.29 is 14.6 Å². The Bertz CT molecular complexity index is 243. The van der Waals surface area contributed by atoms with Gasteiger partial charge in [-0.2, -0.15) is 0 Å². The lowest BCUT2D eigenvalue weighted by Crippen LogP contribution is -2.32. The van der Waals surface area contributed by atoms with Crippen LogP contribution in [0, 0.1) is 5.92 Å². The molecule has 1 saturated carbocycles. The Hall–Kier alpha value is -0.810. The van der Waals surface area contributed by atoms with Crippen LogP contribution < -0.4 is 5.32 Å². The number of nitrogens with one attached hydrogen (secondary N) is 1. The van der Waals surface area contributed by atoms with Gasteiger partial charge in [-0.1, -0.05) is 0 Å². The van der Waals surface area contributed by atoms with E-state index in [0.29, 0.717) is 12.5 Å². The largest absolute Gasteiger partial charge is 0.447 e. The summed E-state index contributed by atoms with van der Waals surface area (Å²) in [4.78, 5) is 13.6. The molecule has 5 nitrogen and oxygen atoms in total. The number of aliphatic hydroxyl groups is 1. The number of hydrogen-bond acceptors (Lipinski definition) is 4. The van der Waals surface area contributed by atoms with Gasteiger partial charge in [0.1, 0.15) is 6.61 Å². The molecule has 5 heteroatoms. The van der Waals surface area contributed by atoms with Crippen LogP contribution in [-0.4, -0.2) is 55.0 Å². The third-order valence-corrected chi connectivity index (χ3v) is 3.24. The highest BCUT2D eigenvalue weighted by Crippen LogP contribution is 2.31. The number of aliphatic hydroxyl groups excluding tert-OH is 1. The number of carbonyl (C=O) groups is 1. The highest BCUT2D eigenvalue weighted by atomic mass is 16.6. The number of rotatable bonds is 5. The van der Waals surface area contributed by atoms with Crippen LogP contribution in [0.5, 0.6) is 0 Å². The van der Waals surface area contributed by atoms with Crippen LogP contribution in [0.4, 0.5) is 4.79 Å². The molecular weight excluding hydrogens is 208 g/mol. The molecule has 2 rings (SSSR count). The van der Waals surface area contributed by atoms with E-state index in [1.54, 1.807) is 0 Å². The molecule has 2 fully saturated rings. The minimum absolute atomic E-state index is 0.0741. The van der Waals surface area contributed by atoms with E-state index >= 15 is 0 Å². The Labute approximate surface area is 95.8 Å². The maximum Gasteiger partial charge on any atom is 0.407 e. The van der Waals surface area contributed by atoms with Gasteiger partial charge in [0, 0.05) is 19.1 Å². The van der Waals surface area contributed by atoms with E-state index in [1.165, 1.54) is 19.4 Å². The fourth-order valence-corrected chi connectivity index (χ4v) is 2.22. The third kappa shape index (κ3) is 3.35. The summed E-state index contributed by atoms with van der Waals surface area (Å²) in [5.74, 6) is 0.558. The maximum absolute atomic E-state index is 11.1. The summed E-state index contributed by atoms with van der Waals surface area (Å²) < 4.78 is 4.72. The van der Waals surface area contributed by atoms with Gasteiger partial charge in [0.05, 0.1) is 6.61 Å². The van der Waals surface area contributed by atoms with E-state index in [0.717, 1.165) is 19.0 Å². The predicted octanol–water partition coefficient (Wildman–Crippen LogP) is 0.189. The lowest BCUT2D eigenvalue weighted by Gasteiger charge is -2.15. The van der Waals surface area contributed by atoms with Gasteiger partial charge < -0.3 is 20.1 Å². The topological polar surface area (TPSA) is 61.8 Å². The zero-order chi connectivity index (χ0) is 11.4. The number of nitrogens with zero attached hydrogens (tertiary/aromatic N) is 1. The molecule has 1 aliphatic carbocycles. The number of carbonyl (C=O) groups excluding carboxylic acids is 1. The molecule has 1 amide bonds. The van der Waals surface area contributed by atoms with Crippen molar-refractivity contribution in [3.8, 4) is 0 Å². The zero-order valence-corrected chi connectivity index (χ0v) is 9.52. The second-order valence-corrected chi connectivity index (χ2v) is 4.62. The number of ether oxygens (including phenoxy) is 1. The molecule has 1 unspecified atom stereocenters. The van der Waals surface area contributed by atoms with Gasteiger partial charge in [-0.25, -0.2) is 4.79 Å². The molecule has 1 saturated heterocycles. The van der Waals surface area contributed by atoms with Crippen LogP contribution in [0.25, 0.3) is 0 Å². The molecule has 0 radical (unpaired) electrons. The van der Waals surface area contributed by atoms with Crippen molar-refractivity contribution in [3.63, 3.8) is 0 Å². The summed E-state index contributed by atoms with van der Waals surface area (Å²) in [5.41, 5.74) is 0. The summed E-state index contributed by atoms with van der Waals surface area (Å²) in [5, 5.41) is 11.2. The summed E-state index contributed by atoms with van der Waals surface area (Å²) in [6.07, 6.45) is 3.44. The molecule has 2 N–H and O–H groups in total. The van der Waals surface area contributed by atoms with Crippen LogP contribution >= 0.6 is 0 Å². The SMILES string of the molecule is O=C(NCC1CCN(C2CC2)C1)OCCO. The predicted molar refractivity (Wildman–Crippen MR) is 59.1 cm³/mol. The number of amides is 1. The standard InChI is InChI=1S/C11H20N2O3/c14-5-6-16-11(15)12-7-9-3-4-13(8-9)10-1-2-10/h9-10,14H,1-8H2,(H,12,15).